The van der Waals surface area contributed by atoms with E-state index in [1.165, 1.54) is 0 Å². The maximum absolute atomic E-state index is 12.5. The lowest BCUT2D eigenvalue weighted by atomic mass is 10.1. The number of hydrogen-bond acceptors (Lipinski definition) is 3. The van der Waals surface area contributed by atoms with Crippen molar-refractivity contribution in [3.05, 3.63) is 23.8 Å². The molecule has 0 spiro atoms. The highest BCUT2D eigenvalue weighted by molar-refractivity contribution is 5.76. The van der Waals surface area contributed by atoms with Gasteiger partial charge in [-0.2, -0.15) is 0 Å². The number of methoxy groups -OCH3 is 1. The molecule has 0 bridgehead atoms. The summed E-state index contributed by atoms with van der Waals surface area (Å²) in [6.07, 6.45) is 1.23. The lowest BCUT2D eigenvalue weighted by molar-refractivity contribution is -0.132. The molecule has 1 aromatic carbocycles. The Bertz CT molecular complexity index is 474. The van der Waals surface area contributed by atoms with Gasteiger partial charge in [-0.25, -0.2) is 0 Å². The molecule has 0 aromatic heterocycles. The minimum absolute atomic E-state index is 0.219. The van der Waals surface area contributed by atoms with E-state index in [4.69, 9.17) is 10.5 Å². The van der Waals surface area contributed by atoms with Gasteiger partial charge < -0.3 is 15.4 Å². The summed E-state index contributed by atoms with van der Waals surface area (Å²) in [6, 6.07) is 5.72. The lowest BCUT2D eigenvalue weighted by Crippen LogP contribution is -2.37. The molecule has 22 heavy (non-hydrogen) atoms. The third-order valence-corrected chi connectivity index (χ3v) is 3.45. The minimum Gasteiger partial charge on any atom is -0.495 e. The van der Waals surface area contributed by atoms with Crippen molar-refractivity contribution in [2.75, 3.05) is 25.9 Å². The highest BCUT2D eigenvalue weighted by Gasteiger charge is 2.16. The minimum atomic E-state index is 0.219. The first kappa shape index (κ1) is 18.3. The number of hydrogen-bond donors (Lipinski definition) is 1. The summed E-state index contributed by atoms with van der Waals surface area (Å²) in [5.41, 5.74) is 7.60. The van der Waals surface area contributed by atoms with Crippen molar-refractivity contribution in [2.45, 2.75) is 40.5 Å². The SMILES string of the molecule is COc1ccc(CCC(=O)N(CC(C)C)CC(C)C)cc1N. The molecule has 0 fully saturated rings. The van der Waals surface area contributed by atoms with E-state index in [1.807, 2.05) is 23.1 Å². The van der Waals surface area contributed by atoms with Crippen LogP contribution >= 0.6 is 0 Å². The van der Waals surface area contributed by atoms with E-state index in [0.717, 1.165) is 18.7 Å². The standard InChI is InChI=1S/C18H30N2O2/c1-13(2)11-20(12-14(3)4)18(21)9-7-15-6-8-17(22-5)16(19)10-15/h6,8,10,13-14H,7,9,11-12,19H2,1-5H3. The molecule has 4 heteroatoms. The quantitative estimate of drug-likeness (QED) is 0.749. The highest BCUT2D eigenvalue weighted by Crippen LogP contribution is 2.22. The van der Waals surface area contributed by atoms with Crippen molar-refractivity contribution >= 4 is 11.6 Å². The van der Waals surface area contributed by atoms with Crippen molar-refractivity contribution in [1.29, 1.82) is 0 Å². The molecule has 0 aliphatic heterocycles. The first-order valence-electron chi connectivity index (χ1n) is 8.03. The molecule has 0 radical (unpaired) electrons. The fourth-order valence-corrected chi connectivity index (χ4v) is 2.51. The van der Waals surface area contributed by atoms with Crippen molar-refractivity contribution in [2.24, 2.45) is 11.8 Å². The maximum Gasteiger partial charge on any atom is 0.222 e. The molecule has 0 heterocycles. The normalized spacial score (nSPS) is 11.0. The van der Waals surface area contributed by atoms with Gasteiger partial charge in [0.05, 0.1) is 12.8 Å². The Kier molecular flexibility index (Phi) is 7.22. The van der Waals surface area contributed by atoms with Gasteiger partial charge in [0, 0.05) is 19.5 Å². The summed E-state index contributed by atoms with van der Waals surface area (Å²) < 4.78 is 5.15. The number of ether oxygens (including phenoxy) is 1. The van der Waals surface area contributed by atoms with Crippen LogP contribution in [-0.4, -0.2) is 31.0 Å². The molecule has 0 saturated carbocycles. The Morgan fingerprint density at radius 3 is 2.23 bits per heavy atom. The number of amides is 1. The molecule has 124 valence electrons. The number of rotatable bonds is 8. The van der Waals surface area contributed by atoms with Crippen LogP contribution in [0.25, 0.3) is 0 Å². The third kappa shape index (κ3) is 5.96. The van der Waals surface area contributed by atoms with Gasteiger partial charge in [-0.3, -0.25) is 4.79 Å². The van der Waals surface area contributed by atoms with E-state index in [2.05, 4.69) is 27.7 Å². The Hall–Kier alpha value is -1.71. The summed E-state index contributed by atoms with van der Waals surface area (Å²) >= 11 is 0. The van der Waals surface area contributed by atoms with Gasteiger partial charge in [0.1, 0.15) is 5.75 Å². The van der Waals surface area contributed by atoms with Crippen LogP contribution in [0.2, 0.25) is 0 Å². The van der Waals surface area contributed by atoms with Gasteiger partial charge in [0.15, 0.2) is 0 Å². The molecule has 0 saturated heterocycles. The molecule has 0 unspecified atom stereocenters. The number of nitrogen functional groups attached to an aromatic ring is 1. The second kappa shape index (κ2) is 8.66. The monoisotopic (exact) mass is 306 g/mol. The van der Waals surface area contributed by atoms with E-state index < -0.39 is 0 Å². The zero-order valence-corrected chi connectivity index (χ0v) is 14.6. The molecule has 1 amide bonds. The van der Waals surface area contributed by atoms with E-state index in [-0.39, 0.29) is 5.91 Å². The number of anilines is 1. The molecule has 0 aliphatic carbocycles. The summed E-state index contributed by atoms with van der Waals surface area (Å²) in [5, 5.41) is 0. The number of carbonyl (C=O) groups excluding carboxylic acids is 1. The van der Waals surface area contributed by atoms with Gasteiger partial charge in [-0.05, 0) is 36.0 Å². The first-order valence-corrected chi connectivity index (χ1v) is 8.03. The van der Waals surface area contributed by atoms with Crippen LogP contribution in [0.3, 0.4) is 0 Å². The predicted molar refractivity (Wildman–Crippen MR) is 92.0 cm³/mol. The van der Waals surface area contributed by atoms with Crippen LogP contribution in [0.1, 0.15) is 39.7 Å². The van der Waals surface area contributed by atoms with E-state index in [9.17, 15) is 4.79 Å². The lowest BCUT2D eigenvalue weighted by Gasteiger charge is -2.26. The van der Waals surface area contributed by atoms with Crippen LogP contribution in [0, 0.1) is 11.8 Å². The highest BCUT2D eigenvalue weighted by atomic mass is 16.5. The molecule has 2 N–H and O–H groups in total. The molecule has 1 aromatic rings. The van der Waals surface area contributed by atoms with E-state index in [1.54, 1.807) is 7.11 Å². The van der Waals surface area contributed by atoms with Crippen LogP contribution in [0.5, 0.6) is 5.75 Å². The topological polar surface area (TPSA) is 55.6 Å². The molecule has 0 atom stereocenters. The van der Waals surface area contributed by atoms with Gasteiger partial charge in [-0.15, -0.1) is 0 Å². The molecule has 0 aliphatic rings. The Balaban J connectivity index is 2.63. The van der Waals surface area contributed by atoms with Gasteiger partial charge in [0.2, 0.25) is 5.91 Å². The van der Waals surface area contributed by atoms with Crippen LogP contribution in [-0.2, 0) is 11.2 Å². The molecule has 1 rings (SSSR count). The number of aryl methyl sites for hydroxylation is 1. The summed E-state index contributed by atoms with van der Waals surface area (Å²) in [7, 11) is 1.60. The molecular weight excluding hydrogens is 276 g/mol. The summed E-state index contributed by atoms with van der Waals surface area (Å²) in [5.74, 6) is 1.87. The number of nitrogens with zero attached hydrogens (tertiary/aromatic N) is 1. The zero-order chi connectivity index (χ0) is 16.7. The van der Waals surface area contributed by atoms with Crippen LogP contribution in [0.15, 0.2) is 18.2 Å². The largest absolute Gasteiger partial charge is 0.495 e. The number of carbonyl (C=O) groups is 1. The second-order valence-electron chi connectivity index (χ2n) is 6.66. The van der Waals surface area contributed by atoms with Crippen molar-refractivity contribution in [1.82, 2.24) is 4.90 Å². The number of nitrogens with two attached hydrogens (primary N) is 1. The molecular formula is C18H30N2O2. The summed E-state index contributed by atoms with van der Waals surface area (Å²) in [4.78, 5) is 14.5. The van der Waals surface area contributed by atoms with Gasteiger partial charge >= 0.3 is 0 Å². The average Bonchev–Trinajstić information content (AvgIpc) is 2.43. The van der Waals surface area contributed by atoms with Crippen LogP contribution in [0.4, 0.5) is 5.69 Å². The Morgan fingerprint density at radius 2 is 1.77 bits per heavy atom. The average molecular weight is 306 g/mol. The van der Waals surface area contributed by atoms with Crippen LogP contribution < -0.4 is 10.5 Å². The number of benzene rings is 1. The zero-order valence-electron chi connectivity index (χ0n) is 14.6. The fourth-order valence-electron chi connectivity index (χ4n) is 2.51. The van der Waals surface area contributed by atoms with E-state index >= 15 is 0 Å². The molecule has 4 nitrogen and oxygen atoms in total. The Labute approximate surface area is 134 Å². The third-order valence-electron chi connectivity index (χ3n) is 3.45. The summed E-state index contributed by atoms with van der Waals surface area (Å²) in [6.45, 7) is 10.2. The van der Waals surface area contributed by atoms with Crippen molar-refractivity contribution < 1.29 is 9.53 Å². The Morgan fingerprint density at radius 1 is 1.18 bits per heavy atom. The first-order chi connectivity index (χ1) is 10.3. The van der Waals surface area contributed by atoms with Gasteiger partial charge in [-0.1, -0.05) is 33.8 Å². The maximum atomic E-state index is 12.5. The smallest absolute Gasteiger partial charge is 0.222 e. The van der Waals surface area contributed by atoms with Gasteiger partial charge in [0.25, 0.3) is 0 Å². The van der Waals surface area contributed by atoms with Crippen molar-refractivity contribution in [3.8, 4) is 5.75 Å². The predicted octanol–water partition coefficient (Wildman–Crippen LogP) is 3.35. The van der Waals surface area contributed by atoms with E-state index in [0.29, 0.717) is 36.1 Å². The fraction of sp³-hybridized carbons (Fsp3) is 0.611. The van der Waals surface area contributed by atoms with Crippen molar-refractivity contribution in [3.63, 3.8) is 0 Å². The second-order valence-corrected chi connectivity index (χ2v) is 6.66.